The number of nitrogens with zero attached hydrogens (tertiary/aromatic N) is 1. The van der Waals surface area contributed by atoms with Gasteiger partial charge in [0, 0.05) is 13.1 Å². The third-order valence-electron chi connectivity index (χ3n) is 1.43. The van der Waals surface area contributed by atoms with E-state index in [1.165, 1.54) is 0 Å². The first-order chi connectivity index (χ1) is 5.11. The maximum atomic E-state index is 11.2. The molecule has 0 aliphatic heterocycles. The van der Waals surface area contributed by atoms with Crippen LogP contribution in [-0.4, -0.2) is 29.2 Å². The highest BCUT2D eigenvalue weighted by Crippen LogP contribution is 2.00. The molecule has 0 rings (SSSR count). The van der Waals surface area contributed by atoms with Crippen LogP contribution in [0.3, 0.4) is 0 Å². The van der Waals surface area contributed by atoms with Gasteiger partial charge in [0.25, 0.3) is 0 Å². The number of hydrogen-bond acceptors (Lipinski definition) is 1. The summed E-state index contributed by atoms with van der Waals surface area (Å²) in [5, 5.41) is 0.438. The molecule has 11 heavy (non-hydrogen) atoms. The van der Waals surface area contributed by atoms with E-state index in [-0.39, 0.29) is 5.91 Å². The molecule has 3 heteroatoms. The number of alkyl halides is 1. The Morgan fingerprint density at radius 1 is 1.55 bits per heavy atom. The van der Waals surface area contributed by atoms with E-state index in [1.54, 1.807) is 0 Å². The zero-order valence-electron chi connectivity index (χ0n) is 7.43. The summed E-state index contributed by atoms with van der Waals surface area (Å²) in [4.78, 5) is 13.0. The van der Waals surface area contributed by atoms with Gasteiger partial charge in [0.05, 0.1) is 5.33 Å². The van der Waals surface area contributed by atoms with Crippen LogP contribution in [0, 0.1) is 5.92 Å². The van der Waals surface area contributed by atoms with Gasteiger partial charge < -0.3 is 4.90 Å². The molecular formula is C8H16BrNO. The summed E-state index contributed by atoms with van der Waals surface area (Å²) < 4.78 is 0. The zero-order chi connectivity index (χ0) is 8.85. The molecule has 0 saturated carbocycles. The van der Waals surface area contributed by atoms with E-state index in [2.05, 4.69) is 29.8 Å². The number of carbonyl (C=O) groups excluding carboxylic acids is 1. The van der Waals surface area contributed by atoms with Crippen LogP contribution in [0.5, 0.6) is 0 Å². The van der Waals surface area contributed by atoms with Crippen molar-refractivity contribution in [1.82, 2.24) is 4.90 Å². The van der Waals surface area contributed by atoms with E-state index in [4.69, 9.17) is 0 Å². The Morgan fingerprint density at radius 3 is 2.36 bits per heavy atom. The summed E-state index contributed by atoms with van der Waals surface area (Å²) in [6.07, 6.45) is 0. The number of amides is 1. The lowest BCUT2D eigenvalue weighted by Crippen LogP contribution is -2.34. The first-order valence-corrected chi connectivity index (χ1v) is 5.07. The molecule has 0 spiro atoms. The van der Waals surface area contributed by atoms with Crippen molar-refractivity contribution in [1.29, 1.82) is 0 Å². The van der Waals surface area contributed by atoms with Gasteiger partial charge in [0.1, 0.15) is 0 Å². The molecule has 0 aromatic carbocycles. The smallest absolute Gasteiger partial charge is 0.233 e. The quantitative estimate of drug-likeness (QED) is 0.665. The predicted octanol–water partition coefficient (Wildman–Crippen LogP) is 1.89. The maximum Gasteiger partial charge on any atom is 0.233 e. The highest BCUT2D eigenvalue weighted by atomic mass is 79.9. The standard InChI is InChI=1S/C8H16BrNO/c1-4-10(6-7(2)3)8(11)5-9/h7H,4-6H2,1-3H3. The normalized spacial score (nSPS) is 10.3. The van der Waals surface area contributed by atoms with Crippen molar-refractivity contribution in [3.63, 3.8) is 0 Å². The molecule has 0 heterocycles. The number of carbonyl (C=O) groups is 1. The van der Waals surface area contributed by atoms with Gasteiger partial charge in [-0.2, -0.15) is 0 Å². The number of rotatable bonds is 4. The van der Waals surface area contributed by atoms with E-state index in [0.29, 0.717) is 11.2 Å². The highest BCUT2D eigenvalue weighted by molar-refractivity contribution is 9.09. The molecule has 0 N–H and O–H groups in total. The second-order valence-electron chi connectivity index (χ2n) is 2.96. The molecule has 0 bridgehead atoms. The van der Waals surface area contributed by atoms with Crippen LogP contribution in [0.1, 0.15) is 20.8 Å². The molecule has 66 valence electrons. The summed E-state index contributed by atoms with van der Waals surface area (Å²) in [6, 6.07) is 0. The van der Waals surface area contributed by atoms with Crippen molar-refractivity contribution in [3.05, 3.63) is 0 Å². The van der Waals surface area contributed by atoms with Gasteiger partial charge in [-0.05, 0) is 12.8 Å². The van der Waals surface area contributed by atoms with Crippen LogP contribution < -0.4 is 0 Å². The van der Waals surface area contributed by atoms with Crippen LogP contribution >= 0.6 is 15.9 Å². The van der Waals surface area contributed by atoms with E-state index < -0.39 is 0 Å². The van der Waals surface area contributed by atoms with Gasteiger partial charge in [-0.15, -0.1) is 0 Å². The average Bonchev–Trinajstić information content (AvgIpc) is 1.98. The van der Waals surface area contributed by atoms with Crippen LogP contribution in [0.25, 0.3) is 0 Å². The molecule has 0 radical (unpaired) electrons. The Bertz CT molecular complexity index is 125. The van der Waals surface area contributed by atoms with Crippen molar-refractivity contribution >= 4 is 21.8 Å². The topological polar surface area (TPSA) is 20.3 Å². The fourth-order valence-electron chi connectivity index (χ4n) is 0.933. The van der Waals surface area contributed by atoms with Crippen LogP contribution in [0.4, 0.5) is 0 Å². The lowest BCUT2D eigenvalue weighted by molar-refractivity contribution is -0.128. The van der Waals surface area contributed by atoms with Gasteiger partial charge in [-0.25, -0.2) is 0 Å². The third kappa shape index (κ3) is 4.40. The summed E-state index contributed by atoms with van der Waals surface area (Å²) in [5.41, 5.74) is 0. The van der Waals surface area contributed by atoms with Crippen molar-refractivity contribution in [3.8, 4) is 0 Å². The van der Waals surface area contributed by atoms with Gasteiger partial charge in [-0.1, -0.05) is 29.8 Å². The Kier molecular flexibility index (Phi) is 5.56. The highest BCUT2D eigenvalue weighted by Gasteiger charge is 2.10. The first kappa shape index (κ1) is 11.0. The second kappa shape index (κ2) is 5.58. The van der Waals surface area contributed by atoms with E-state index >= 15 is 0 Å². The van der Waals surface area contributed by atoms with Crippen LogP contribution in [-0.2, 0) is 4.79 Å². The molecule has 0 atom stereocenters. The molecule has 0 fully saturated rings. The maximum absolute atomic E-state index is 11.2. The third-order valence-corrected chi connectivity index (χ3v) is 1.91. The minimum Gasteiger partial charge on any atom is -0.342 e. The van der Waals surface area contributed by atoms with E-state index in [9.17, 15) is 4.79 Å². The first-order valence-electron chi connectivity index (χ1n) is 3.95. The van der Waals surface area contributed by atoms with Crippen molar-refractivity contribution in [2.45, 2.75) is 20.8 Å². The largest absolute Gasteiger partial charge is 0.342 e. The Labute approximate surface area is 77.1 Å². The molecular weight excluding hydrogens is 206 g/mol. The molecule has 0 unspecified atom stereocenters. The van der Waals surface area contributed by atoms with Gasteiger partial charge in [0.15, 0.2) is 0 Å². The molecule has 0 aliphatic rings. The molecule has 1 amide bonds. The summed E-state index contributed by atoms with van der Waals surface area (Å²) in [6.45, 7) is 7.90. The van der Waals surface area contributed by atoms with Crippen LogP contribution in [0.15, 0.2) is 0 Å². The van der Waals surface area contributed by atoms with Crippen LogP contribution in [0.2, 0.25) is 0 Å². The van der Waals surface area contributed by atoms with E-state index in [1.807, 2.05) is 11.8 Å². The minimum atomic E-state index is 0.182. The Balaban J connectivity index is 3.84. The molecule has 2 nitrogen and oxygen atoms in total. The lowest BCUT2D eigenvalue weighted by atomic mass is 10.2. The fraction of sp³-hybridized carbons (Fsp3) is 0.875. The zero-order valence-corrected chi connectivity index (χ0v) is 9.02. The fourth-order valence-corrected chi connectivity index (χ4v) is 1.29. The van der Waals surface area contributed by atoms with Gasteiger partial charge >= 0.3 is 0 Å². The van der Waals surface area contributed by atoms with Crippen molar-refractivity contribution in [2.75, 3.05) is 18.4 Å². The Hall–Kier alpha value is -0.0500. The second-order valence-corrected chi connectivity index (χ2v) is 3.52. The summed E-state index contributed by atoms with van der Waals surface area (Å²) in [7, 11) is 0. The summed E-state index contributed by atoms with van der Waals surface area (Å²) >= 11 is 3.15. The minimum absolute atomic E-state index is 0.182. The van der Waals surface area contributed by atoms with Gasteiger partial charge in [-0.3, -0.25) is 4.79 Å². The predicted molar refractivity (Wildman–Crippen MR) is 50.9 cm³/mol. The average molecular weight is 222 g/mol. The molecule has 0 aliphatic carbocycles. The van der Waals surface area contributed by atoms with E-state index in [0.717, 1.165) is 13.1 Å². The number of hydrogen-bond donors (Lipinski definition) is 0. The monoisotopic (exact) mass is 221 g/mol. The van der Waals surface area contributed by atoms with Crippen molar-refractivity contribution < 1.29 is 4.79 Å². The SMILES string of the molecule is CCN(CC(C)C)C(=O)CBr. The molecule has 0 aromatic heterocycles. The lowest BCUT2D eigenvalue weighted by Gasteiger charge is -2.21. The summed E-state index contributed by atoms with van der Waals surface area (Å²) in [5.74, 6) is 0.735. The molecule has 0 saturated heterocycles. The Morgan fingerprint density at radius 2 is 2.09 bits per heavy atom. The van der Waals surface area contributed by atoms with Crippen molar-refractivity contribution in [2.24, 2.45) is 5.92 Å². The number of halogens is 1. The molecule has 0 aromatic rings. The van der Waals surface area contributed by atoms with Gasteiger partial charge in [0.2, 0.25) is 5.91 Å².